The molecule has 0 aliphatic rings. The van der Waals surface area contributed by atoms with E-state index in [2.05, 4.69) is 15.9 Å². The molecule has 1 rings (SSSR count). The van der Waals surface area contributed by atoms with Crippen LogP contribution in [0.1, 0.15) is 20.8 Å². The van der Waals surface area contributed by atoms with Gasteiger partial charge in [0, 0.05) is 23.6 Å². The fourth-order valence-electron chi connectivity index (χ4n) is 1.79. The average molecular weight is 365 g/mol. The number of nitro benzene ring substituents is 1. The summed E-state index contributed by atoms with van der Waals surface area (Å²) in [6, 6.07) is 3.92. The van der Waals surface area contributed by atoms with Crippen LogP contribution in [0.25, 0.3) is 0 Å². The molecule has 6 nitrogen and oxygen atoms in total. The summed E-state index contributed by atoms with van der Waals surface area (Å²) in [4.78, 5) is 10.1. The van der Waals surface area contributed by atoms with E-state index in [4.69, 9.17) is 0 Å². The first-order valence-electron chi connectivity index (χ1n) is 6.14. The van der Waals surface area contributed by atoms with E-state index in [1.54, 1.807) is 6.92 Å². The van der Waals surface area contributed by atoms with Crippen molar-refractivity contribution in [3.8, 4) is 0 Å². The Hall–Kier alpha value is -0.990. The lowest BCUT2D eigenvalue weighted by atomic mass is 10.2. The number of benzene rings is 1. The molecule has 112 valence electrons. The Kier molecular flexibility index (Phi) is 5.67. The Morgan fingerprint density at radius 3 is 2.45 bits per heavy atom. The van der Waals surface area contributed by atoms with Gasteiger partial charge < -0.3 is 0 Å². The van der Waals surface area contributed by atoms with E-state index >= 15 is 0 Å². The van der Waals surface area contributed by atoms with Crippen LogP contribution in [0.5, 0.6) is 0 Å². The molecular formula is C12H17BrN2O4S. The maximum Gasteiger partial charge on any atom is 0.289 e. The lowest BCUT2D eigenvalue weighted by Gasteiger charge is -2.22. The third-order valence-corrected chi connectivity index (χ3v) is 5.12. The molecule has 8 heteroatoms. The van der Waals surface area contributed by atoms with Crippen LogP contribution in [0, 0.1) is 16.0 Å². The molecule has 1 aromatic carbocycles. The summed E-state index contributed by atoms with van der Waals surface area (Å²) >= 11 is 3.15. The van der Waals surface area contributed by atoms with E-state index in [1.807, 2.05) is 13.8 Å². The summed E-state index contributed by atoms with van der Waals surface area (Å²) in [5.74, 6) is 0.135. The molecule has 0 heterocycles. The predicted molar refractivity (Wildman–Crippen MR) is 80.1 cm³/mol. The van der Waals surface area contributed by atoms with Crippen molar-refractivity contribution in [3.05, 3.63) is 32.8 Å². The van der Waals surface area contributed by atoms with E-state index in [9.17, 15) is 18.5 Å². The number of hydrogen-bond acceptors (Lipinski definition) is 4. The first-order chi connectivity index (χ1) is 9.20. The van der Waals surface area contributed by atoms with Gasteiger partial charge in [0.2, 0.25) is 10.0 Å². The number of halogens is 1. The van der Waals surface area contributed by atoms with Crippen LogP contribution in [0.2, 0.25) is 0 Å². The number of hydrogen-bond donors (Lipinski definition) is 0. The molecule has 0 atom stereocenters. The van der Waals surface area contributed by atoms with Gasteiger partial charge in [-0.3, -0.25) is 10.1 Å². The molecular weight excluding hydrogens is 348 g/mol. The van der Waals surface area contributed by atoms with Crippen LogP contribution in [0.15, 0.2) is 27.6 Å². The highest BCUT2D eigenvalue weighted by Crippen LogP contribution is 2.29. The highest BCUT2D eigenvalue weighted by atomic mass is 79.9. The van der Waals surface area contributed by atoms with Crippen LogP contribution < -0.4 is 0 Å². The predicted octanol–water partition coefficient (Wildman–Crippen LogP) is 3.02. The summed E-state index contributed by atoms with van der Waals surface area (Å²) in [5.41, 5.74) is -0.407. The molecule has 0 saturated heterocycles. The Bertz CT molecular complexity index is 601. The van der Waals surface area contributed by atoms with Crippen LogP contribution in [-0.4, -0.2) is 30.7 Å². The number of nitrogens with zero attached hydrogens (tertiary/aromatic N) is 2. The van der Waals surface area contributed by atoms with E-state index in [0.717, 1.165) is 0 Å². The molecule has 20 heavy (non-hydrogen) atoms. The molecule has 1 aromatic rings. The third kappa shape index (κ3) is 3.77. The molecule has 0 unspecified atom stereocenters. The highest BCUT2D eigenvalue weighted by molar-refractivity contribution is 9.10. The van der Waals surface area contributed by atoms with Crippen LogP contribution in [0.4, 0.5) is 5.69 Å². The molecule has 0 aliphatic carbocycles. The first-order valence-corrected chi connectivity index (χ1v) is 8.37. The molecule has 0 fully saturated rings. The van der Waals surface area contributed by atoms with Crippen molar-refractivity contribution in [1.82, 2.24) is 4.31 Å². The molecule has 0 radical (unpaired) electrons. The van der Waals surface area contributed by atoms with Crippen molar-refractivity contribution < 1.29 is 13.3 Å². The van der Waals surface area contributed by atoms with Crippen molar-refractivity contribution in [2.45, 2.75) is 25.7 Å². The van der Waals surface area contributed by atoms with Gasteiger partial charge in [-0.05, 0) is 18.1 Å². The lowest BCUT2D eigenvalue weighted by Crippen LogP contribution is -2.34. The Morgan fingerprint density at radius 2 is 2.00 bits per heavy atom. The molecule has 0 saturated carbocycles. The fourth-order valence-corrected chi connectivity index (χ4v) is 4.10. The number of nitro groups is 1. The zero-order valence-electron chi connectivity index (χ0n) is 11.5. The number of sulfonamides is 1. The second-order valence-electron chi connectivity index (χ2n) is 4.72. The average Bonchev–Trinajstić information content (AvgIpc) is 2.34. The van der Waals surface area contributed by atoms with Crippen molar-refractivity contribution in [2.24, 2.45) is 5.92 Å². The SMILES string of the molecule is CCN(CC(C)C)S(=O)(=O)c1cc(Br)ccc1[N+](=O)[O-]. The summed E-state index contributed by atoms with van der Waals surface area (Å²) in [5, 5.41) is 11.0. The Morgan fingerprint density at radius 1 is 1.40 bits per heavy atom. The second-order valence-corrected chi connectivity index (χ2v) is 7.54. The van der Waals surface area contributed by atoms with Crippen molar-refractivity contribution in [1.29, 1.82) is 0 Å². The van der Waals surface area contributed by atoms with Gasteiger partial charge >= 0.3 is 0 Å². The maximum absolute atomic E-state index is 12.6. The molecule has 0 spiro atoms. The van der Waals surface area contributed by atoms with E-state index < -0.39 is 20.6 Å². The van der Waals surface area contributed by atoms with E-state index in [-0.39, 0.29) is 17.4 Å². The fraction of sp³-hybridized carbons (Fsp3) is 0.500. The summed E-state index contributed by atoms with van der Waals surface area (Å²) in [7, 11) is -3.88. The monoisotopic (exact) mass is 364 g/mol. The third-order valence-electron chi connectivity index (χ3n) is 2.66. The van der Waals surface area contributed by atoms with Gasteiger partial charge in [0.15, 0.2) is 4.90 Å². The van der Waals surface area contributed by atoms with Crippen LogP contribution >= 0.6 is 15.9 Å². The minimum Gasteiger partial charge on any atom is -0.258 e. The van der Waals surface area contributed by atoms with Crippen LogP contribution in [-0.2, 0) is 10.0 Å². The van der Waals surface area contributed by atoms with Gasteiger partial charge in [-0.15, -0.1) is 0 Å². The molecule has 0 bridgehead atoms. The van der Waals surface area contributed by atoms with Gasteiger partial charge in [0.25, 0.3) is 5.69 Å². The topological polar surface area (TPSA) is 80.5 Å². The van der Waals surface area contributed by atoms with Gasteiger partial charge in [-0.1, -0.05) is 36.7 Å². The van der Waals surface area contributed by atoms with Gasteiger partial charge in [-0.2, -0.15) is 4.31 Å². The Balaban J connectivity index is 3.40. The zero-order chi connectivity index (χ0) is 15.5. The van der Waals surface area contributed by atoms with Crippen LogP contribution in [0.3, 0.4) is 0 Å². The standard InChI is InChI=1S/C12H17BrN2O4S/c1-4-14(8-9(2)3)20(18,19)12-7-10(13)5-6-11(12)15(16)17/h5-7,9H,4,8H2,1-3H3. The number of rotatable bonds is 6. The zero-order valence-corrected chi connectivity index (χ0v) is 13.9. The largest absolute Gasteiger partial charge is 0.289 e. The smallest absolute Gasteiger partial charge is 0.258 e. The quantitative estimate of drug-likeness (QED) is 0.573. The normalized spacial score (nSPS) is 12.1. The summed E-state index contributed by atoms with van der Waals surface area (Å²) in [6.07, 6.45) is 0. The minimum absolute atomic E-state index is 0.135. The second kappa shape index (κ2) is 6.64. The van der Waals surface area contributed by atoms with Crippen molar-refractivity contribution in [2.75, 3.05) is 13.1 Å². The summed E-state index contributed by atoms with van der Waals surface area (Å²) in [6.45, 7) is 6.09. The first kappa shape index (κ1) is 17.1. The molecule has 0 aromatic heterocycles. The molecule has 0 N–H and O–H groups in total. The molecule has 0 amide bonds. The van der Waals surface area contributed by atoms with E-state index in [0.29, 0.717) is 11.0 Å². The Labute approximate surface area is 127 Å². The van der Waals surface area contributed by atoms with Crippen molar-refractivity contribution >= 4 is 31.6 Å². The van der Waals surface area contributed by atoms with Crippen molar-refractivity contribution in [3.63, 3.8) is 0 Å². The summed E-state index contributed by atoms with van der Waals surface area (Å²) < 4.78 is 26.9. The maximum atomic E-state index is 12.6. The molecule has 0 aliphatic heterocycles. The highest BCUT2D eigenvalue weighted by Gasteiger charge is 2.31. The van der Waals surface area contributed by atoms with E-state index in [1.165, 1.54) is 22.5 Å². The lowest BCUT2D eigenvalue weighted by molar-refractivity contribution is -0.387. The van der Waals surface area contributed by atoms with Gasteiger partial charge in [0.1, 0.15) is 0 Å². The van der Waals surface area contributed by atoms with Gasteiger partial charge in [0.05, 0.1) is 4.92 Å². The minimum atomic E-state index is -3.88. The van der Waals surface area contributed by atoms with Gasteiger partial charge in [-0.25, -0.2) is 8.42 Å².